The van der Waals surface area contributed by atoms with Crippen LogP contribution >= 0.6 is 0 Å². The summed E-state index contributed by atoms with van der Waals surface area (Å²) in [7, 11) is 0. The van der Waals surface area contributed by atoms with Gasteiger partial charge in [0.25, 0.3) is 11.8 Å². The second-order valence-electron chi connectivity index (χ2n) is 7.27. The zero-order chi connectivity index (χ0) is 20.7. The van der Waals surface area contributed by atoms with Crippen LogP contribution in [0.2, 0.25) is 0 Å². The predicted molar refractivity (Wildman–Crippen MR) is 113 cm³/mol. The van der Waals surface area contributed by atoms with Crippen molar-refractivity contribution >= 4 is 17.5 Å². The molecule has 2 N–H and O–H groups in total. The molecular weight excluding hydrogens is 352 g/mol. The lowest BCUT2D eigenvalue weighted by molar-refractivity contribution is -0.122. The van der Waals surface area contributed by atoms with Crippen LogP contribution in [-0.2, 0) is 4.79 Å². The number of hydrogen-bond donors (Lipinski definition) is 2. The van der Waals surface area contributed by atoms with Gasteiger partial charge in [0.05, 0.1) is 11.3 Å². The first kappa shape index (κ1) is 21.5. The van der Waals surface area contributed by atoms with Crippen molar-refractivity contribution in [2.75, 3.05) is 5.32 Å². The quantitative estimate of drug-likeness (QED) is 0.693. The normalized spacial score (nSPS) is 12.9. The Morgan fingerprint density at radius 1 is 0.964 bits per heavy atom. The van der Waals surface area contributed by atoms with Gasteiger partial charge in [-0.15, -0.1) is 0 Å². The summed E-state index contributed by atoms with van der Waals surface area (Å²) >= 11 is 0. The molecule has 150 valence electrons. The number of carbonyl (C=O) groups excluding carboxylic acids is 2. The minimum absolute atomic E-state index is 0.0612. The van der Waals surface area contributed by atoms with Gasteiger partial charge in [-0.25, -0.2) is 0 Å². The highest BCUT2D eigenvalue weighted by Gasteiger charge is 2.20. The van der Waals surface area contributed by atoms with Gasteiger partial charge < -0.3 is 15.4 Å². The van der Waals surface area contributed by atoms with Crippen molar-refractivity contribution in [2.24, 2.45) is 0 Å². The zero-order valence-electron chi connectivity index (χ0n) is 17.3. The van der Waals surface area contributed by atoms with Crippen molar-refractivity contribution in [2.45, 2.75) is 59.1 Å². The van der Waals surface area contributed by atoms with Crippen molar-refractivity contribution in [1.29, 1.82) is 0 Å². The number of benzene rings is 2. The fraction of sp³-hybridized carbons (Fsp3) is 0.391. The summed E-state index contributed by atoms with van der Waals surface area (Å²) in [6.07, 6.45) is 0.131. The van der Waals surface area contributed by atoms with Crippen molar-refractivity contribution < 1.29 is 14.3 Å². The molecule has 2 aromatic carbocycles. The van der Waals surface area contributed by atoms with Gasteiger partial charge in [0.15, 0.2) is 6.10 Å². The minimum Gasteiger partial charge on any atom is -0.481 e. The molecule has 0 aliphatic heterocycles. The molecule has 0 aromatic heterocycles. The van der Waals surface area contributed by atoms with E-state index in [-0.39, 0.29) is 23.8 Å². The van der Waals surface area contributed by atoms with Crippen LogP contribution in [0.3, 0.4) is 0 Å². The summed E-state index contributed by atoms with van der Waals surface area (Å²) in [5, 5.41) is 5.75. The molecule has 0 saturated heterocycles. The van der Waals surface area contributed by atoms with E-state index in [2.05, 4.69) is 24.5 Å². The van der Waals surface area contributed by atoms with Crippen LogP contribution in [0.4, 0.5) is 5.69 Å². The number of para-hydroxylation sites is 2. The topological polar surface area (TPSA) is 67.4 Å². The SMILES string of the molecule is CC[C@@H](C)NC(=O)c1ccccc1NC(=O)[C@H](C)Oc1ccccc1C(C)C. The molecule has 5 nitrogen and oxygen atoms in total. The summed E-state index contributed by atoms with van der Waals surface area (Å²) in [4.78, 5) is 25.2. The molecule has 2 amide bonds. The Hall–Kier alpha value is -2.82. The first-order valence-electron chi connectivity index (χ1n) is 9.79. The van der Waals surface area contributed by atoms with Crippen molar-refractivity contribution in [1.82, 2.24) is 5.32 Å². The second kappa shape index (κ2) is 9.93. The third kappa shape index (κ3) is 5.59. The van der Waals surface area contributed by atoms with Gasteiger partial charge in [0.1, 0.15) is 5.75 Å². The van der Waals surface area contributed by atoms with Gasteiger partial charge in [0.2, 0.25) is 0 Å². The van der Waals surface area contributed by atoms with Gasteiger partial charge in [-0.1, -0.05) is 51.1 Å². The van der Waals surface area contributed by atoms with Crippen LogP contribution < -0.4 is 15.4 Å². The molecule has 2 atom stereocenters. The molecule has 0 saturated carbocycles. The molecule has 2 aromatic rings. The van der Waals surface area contributed by atoms with Crippen LogP contribution in [0.5, 0.6) is 5.75 Å². The third-order valence-corrected chi connectivity index (χ3v) is 4.63. The number of carbonyl (C=O) groups is 2. The van der Waals surface area contributed by atoms with E-state index in [9.17, 15) is 9.59 Å². The maximum atomic E-state index is 12.7. The zero-order valence-corrected chi connectivity index (χ0v) is 17.3. The van der Waals surface area contributed by atoms with E-state index in [1.165, 1.54) is 0 Å². The van der Waals surface area contributed by atoms with Crippen molar-refractivity contribution in [3.8, 4) is 5.75 Å². The van der Waals surface area contributed by atoms with Crippen LogP contribution in [0.25, 0.3) is 0 Å². The highest BCUT2D eigenvalue weighted by atomic mass is 16.5. The van der Waals surface area contributed by atoms with E-state index < -0.39 is 6.10 Å². The summed E-state index contributed by atoms with van der Waals surface area (Å²) in [5.74, 6) is 0.478. The molecule has 0 unspecified atom stereocenters. The molecule has 0 radical (unpaired) electrons. The Morgan fingerprint density at radius 3 is 2.29 bits per heavy atom. The standard InChI is InChI=1S/C23H30N2O3/c1-6-16(4)24-23(27)19-12-7-9-13-20(19)25-22(26)17(5)28-21-14-10-8-11-18(21)15(2)3/h7-17H,6H2,1-5H3,(H,24,27)(H,25,26)/t16-,17+/m1/s1. The highest BCUT2D eigenvalue weighted by molar-refractivity contribution is 6.04. The lowest BCUT2D eigenvalue weighted by atomic mass is 10.0. The van der Waals surface area contributed by atoms with Crippen LogP contribution in [0.1, 0.15) is 62.9 Å². The lowest BCUT2D eigenvalue weighted by Crippen LogP contribution is -2.34. The highest BCUT2D eigenvalue weighted by Crippen LogP contribution is 2.27. The van der Waals surface area contributed by atoms with Crippen molar-refractivity contribution in [3.05, 3.63) is 59.7 Å². The molecule has 0 fully saturated rings. The molecule has 0 spiro atoms. The number of rotatable bonds is 8. The Morgan fingerprint density at radius 2 is 1.61 bits per heavy atom. The first-order valence-corrected chi connectivity index (χ1v) is 9.79. The summed E-state index contributed by atoms with van der Waals surface area (Å²) in [6.45, 7) is 9.82. The Balaban J connectivity index is 2.12. The number of hydrogen-bond acceptors (Lipinski definition) is 3. The van der Waals surface area contributed by atoms with Crippen LogP contribution in [-0.4, -0.2) is 24.0 Å². The predicted octanol–water partition coefficient (Wildman–Crippen LogP) is 4.74. The molecule has 0 bridgehead atoms. The molecule has 0 aliphatic carbocycles. The second-order valence-corrected chi connectivity index (χ2v) is 7.27. The van der Waals surface area contributed by atoms with Gasteiger partial charge >= 0.3 is 0 Å². The number of ether oxygens (including phenoxy) is 1. The maximum absolute atomic E-state index is 12.7. The number of nitrogens with one attached hydrogen (secondary N) is 2. The van der Waals surface area contributed by atoms with Gasteiger partial charge in [-0.2, -0.15) is 0 Å². The van der Waals surface area contributed by atoms with Gasteiger partial charge in [-0.05, 0) is 49.9 Å². The molecule has 2 rings (SSSR count). The summed E-state index contributed by atoms with van der Waals surface area (Å²) in [5.41, 5.74) is 1.96. The van der Waals surface area contributed by atoms with Gasteiger partial charge in [-0.3, -0.25) is 9.59 Å². The third-order valence-electron chi connectivity index (χ3n) is 4.63. The minimum atomic E-state index is -0.703. The van der Waals surface area contributed by atoms with Gasteiger partial charge in [0, 0.05) is 6.04 Å². The summed E-state index contributed by atoms with van der Waals surface area (Å²) < 4.78 is 5.91. The molecule has 5 heteroatoms. The van der Waals surface area contributed by atoms with Crippen LogP contribution in [0, 0.1) is 0 Å². The molecular formula is C23H30N2O3. The fourth-order valence-corrected chi connectivity index (χ4v) is 2.74. The monoisotopic (exact) mass is 382 g/mol. The smallest absolute Gasteiger partial charge is 0.265 e. The van der Waals surface area contributed by atoms with E-state index in [0.29, 0.717) is 17.0 Å². The Bertz CT molecular complexity index is 817. The van der Waals surface area contributed by atoms with Crippen LogP contribution in [0.15, 0.2) is 48.5 Å². The number of amides is 2. The van der Waals surface area contributed by atoms with E-state index in [4.69, 9.17) is 4.74 Å². The van der Waals surface area contributed by atoms with E-state index in [1.54, 1.807) is 31.2 Å². The largest absolute Gasteiger partial charge is 0.481 e. The van der Waals surface area contributed by atoms with E-state index >= 15 is 0 Å². The van der Waals surface area contributed by atoms with E-state index in [1.807, 2.05) is 38.1 Å². The summed E-state index contributed by atoms with van der Waals surface area (Å²) in [6, 6.07) is 14.8. The van der Waals surface area contributed by atoms with E-state index in [0.717, 1.165) is 12.0 Å². The fourth-order valence-electron chi connectivity index (χ4n) is 2.74. The average molecular weight is 383 g/mol. The maximum Gasteiger partial charge on any atom is 0.265 e. The van der Waals surface area contributed by atoms with Crippen molar-refractivity contribution in [3.63, 3.8) is 0 Å². The Kier molecular flexibility index (Phi) is 7.61. The molecule has 0 heterocycles. The Labute approximate surface area is 167 Å². The molecule has 0 aliphatic rings. The lowest BCUT2D eigenvalue weighted by Gasteiger charge is -2.19. The average Bonchev–Trinajstić information content (AvgIpc) is 2.68. The first-order chi connectivity index (χ1) is 13.3. The molecule has 28 heavy (non-hydrogen) atoms. The number of anilines is 1.